The summed E-state index contributed by atoms with van der Waals surface area (Å²) in [5, 5.41) is 2.11. The van der Waals surface area contributed by atoms with E-state index in [1.165, 1.54) is 9.13 Å². The summed E-state index contributed by atoms with van der Waals surface area (Å²) in [4.78, 5) is 34.3. The molecule has 3 heterocycles. The van der Waals surface area contributed by atoms with E-state index >= 15 is 0 Å². The Kier molecular flexibility index (Phi) is 5.59. The van der Waals surface area contributed by atoms with Crippen molar-refractivity contribution in [1.29, 1.82) is 0 Å². The second-order valence-corrected chi connectivity index (χ2v) is 9.71. The first-order valence-electron chi connectivity index (χ1n) is 12.6. The topological polar surface area (TPSA) is 74.3 Å². The molecule has 0 aliphatic carbocycles. The smallest absolute Gasteiger partial charge is 0.332 e. The lowest BCUT2D eigenvalue weighted by Gasteiger charge is -2.33. The Morgan fingerprint density at radius 1 is 0.973 bits per heavy atom. The molecule has 8 nitrogen and oxygen atoms in total. The van der Waals surface area contributed by atoms with Crippen molar-refractivity contribution in [2.24, 2.45) is 13.0 Å². The van der Waals surface area contributed by atoms with Crippen molar-refractivity contribution in [2.75, 3.05) is 18.1 Å². The molecular formula is C29H29N5O3. The maximum absolute atomic E-state index is 13.9. The molecule has 0 bridgehead atoms. The fourth-order valence-electron chi connectivity index (χ4n) is 5.35. The van der Waals surface area contributed by atoms with Gasteiger partial charge in [-0.2, -0.15) is 4.98 Å². The minimum atomic E-state index is -0.374. The van der Waals surface area contributed by atoms with Crippen LogP contribution in [0.4, 0.5) is 11.6 Å². The van der Waals surface area contributed by atoms with Gasteiger partial charge >= 0.3 is 5.69 Å². The van der Waals surface area contributed by atoms with Gasteiger partial charge in [0.25, 0.3) is 5.56 Å². The highest BCUT2D eigenvalue weighted by Crippen LogP contribution is 2.33. The summed E-state index contributed by atoms with van der Waals surface area (Å²) in [6.45, 7) is 6.33. The van der Waals surface area contributed by atoms with Gasteiger partial charge in [-0.3, -0.25) is 13.9 Å². The normalized spacial score (nSPS) is 15.3. The zero-order valence-electron chi connectivity index (χ0n) is 21.2. The van der Waals surface area contributed by atoms with E-state index in [1.54, 1.807) is 7.05 Å². The van der Waals surface area contributed by atoms with Gasteiger partial charge in [-0.1, -0.05) is 49.4 Å². The Morgan fingerprint density at radius 2 is 1.73 bits per heavy atom. The van der Waals surface area contributed by atoms with E-state index in [-0.39, 0.29) is 23.7 Å². The number of aromatic nitrogens is 4. The van der Waals surface area contributed by atoms with E-state index in [0.717, 1.165) is 34.3 Å². The third kappa shape index (κ3) is 3.80. The molecule has 1 atom stereocenters. The quantitative estimate of drug-likeness (QED) is 0.364. The summed E-state index contributed by atoms with van der Waals surface area (Å²) in [6.07, 6.45) is 0. The largest absolute Gasteiger partial charge is 0.494 e. The van der Waals surface area contributed by atoms with Crippen LogP contribution in [0.3, 0.4) is 0 Å². The van der Waals surface area contributed by atoms with E-state index in [4.69, 9.17) is 9.72 Å². The van der Waals surface area contributed by atoms with Crippen LogP contribution in [0.15, 0.2) is 76.3 Å². The van der Waals surface area contributed by atoms with Crippen molar-refractivity contribution in [3.63, 3.8) is 0 Å². The molecule has 0 radical (unpaired) electrons. The van der Waals surface area contributed by atoms with Crippen LogP contribution in [0.25, 0.3) is 21.9 Å². The molecule has 8 heteroatoms. The minimum Gasteiger partial charge on any atom is -0.494 e. The molecule has 3 aromatic carbocycles. The van der Waals surface area contributed by atoms with Crippen LogP contribution >= 0.6 is 0 Å². The van der Waals surface area contributed by atoms with Crippen LogP contribution in [0.2, 0.25) is 0 Å². The van der Waals surface area contributed by atoms with E-state index < -0.39 is 0 Å². The summed E-state index contributed by atoms with van der Waals surface area (Å²) in [6, 6.07) is 21.9. The lowest BCUT2D eigenvalue weighted by Crippen LogP contribution is -2.40. The summed E-state index contributed by atoms with van der Waals surface area (Å²) in [5.41, 5.74) is 2.07. The lowest BCUT2D eigenvalue weighted by molar-refractivity contribution is 0.340. The van der Waals surface area contributed by atoms with Crippen molar-refractivity contribution < 1.29 is 4.74 Å². The van der Waals surface area contributed by atoms with Gasteiger partial charge in [-0.15, -0.1) is 0 Å². The SMILES string of the molecule is CCOc1ccc(N2C[C@H](C)Cn3c2nc2c3c(=O)n(Cc3cccc4ccccc34)c(=O)n2C)cc1. The molecular weight excluding hydrogens is 466 g/mol. The number of aryl methyl sites for hydroxylation is 1. The second kappa shape index (κ2) is 8.96. The second-order valence-electron chi connectivity index (χ2n) is 9.71. The Bertz CT molecular complexity index is 1740. The molecule has 0 saturated carbocycles. The van der Waals surface area contributed by atoms with Crippen LogP contribution in [0.5, 0.6) is 5.75 Å². The van der Waals surface area contributed by atoms with Crippen molar-refractivity contribution in [3.05, 3.63) is 93.1 Å². The molecule has 0 unspecified atom stereocenters. The van der Waals surface area contributed by atoms with Gasteiger partial charge in [0.15, 0.2) is 11.2 Å². The molecule has 0 spiro atoms. The van der Waals surface area contributed by atoms with Crippen LogP contribution in [-0.2, 0) is 20.1 Å². The zero-order chi connectivity index (χ0) is 25.7. The van der Waals surface area contributed by atoms with E-state index in [9.17, 15) is 9.59 Å². The minimum absolute atomic E-state index is 0.196. The standard InChI is InChI=1S/C29H29N5O3/c1-4-37-23-14-12-22(13-15-23)32-16-19(2)17-33-25-26(30-28(32)33)31(3)29(36)34(27(25)35)18-21-10-7-9-20-8-5-6-11-24(20)21/h5-15,19H,4,16-18H2,1-3H3/t19-/m0/s1. The van der Waals surface area contributed by atoms with E-state index in [1.807, 2.05) is 78.2 Å². The van der Waals surface area contributed by atoms with Gasteiger partial charge in [0.2, 0.25) is 5.95 Å². The van der Waals surface area contributed by atoms with Crippen molar-refractivity contribution >= 4 is 33.6 Å². The van der Waals surface area contributed by atoms with Gasteiger partial charge in [0.1, 0.15) is 5.75 Å². The highest BCUT2D eigenvalue weighted by molar-refractivity contribution is 5.85. The molecule has 0 saturated heterocycles. The average molecular weight is 496 g/mol. The molecule has 5 aromatic rings. The molecule has 2 aromatic heterocycles. The fourth-order valence-corrected chi connectivity index (χ4v) is 5.35. The molecule has 1 aliphatic rings. The van der Waals surface area contributed by atoms with Crippen LogP contribution < -0.4 is 20.9 Å². The molecule has 188 valence electrons. The number of hydrogen-bond acceptors (Lipinski definition) is 5. The number of hydrogen-bond donors (Lipinski definition) is 0. The molecule has 0 amide bonds. The number of rotatable bonds is 5. The number of anilines is 2. The predicted molar refractivity (Wildman–Crippen MR) is 146 cm³/mol. The average Bonchev–Trinajstić information content (AvgIpc) is 3.30. The number of imidazole rings is 1. The van der Waals surface area contributed by atoms with Gasteiger partial charge in [0.05, 0.1) is 13.2 Å². The van der Waals surface area contributed by atoms with Gasteiger partial charge < -0.3 is 14.2 Å². The summed E-state index contributed by atoms with van der Waals surface area (Å²) < 4.78 is 10.4. The molecule has 6 rings (SSSR count). The number of benzene rings is 3. The summed E-state index contributed by atoms with van der Waals surface area (Å²) >= 11 is 0. The first kappa shape index (κ1) is 23.1. The van der Waals surface area contributed by atoms with E-state index in [0.29, 0.717) is 30.3 Å². The first-order chi connectivity index (χ1) is 18.0. The highest BCUT2D eigenvalue weighted by Gasteiger charge is 2.30. The lowest BCUT2D eigenvalue weighted by atomic mass is 10.0. The summed E-state index contributed by atoms with van der Waals surface area (Å²) in [5.74, 6) is 1.76. The first-order valence-corrected chi connectivity index (χ1v) is 12.6. The third-order valence-corrected chi connectivity index (χ3v) is 7.11. The predicted octanol–water partition coefficient (Wildman–Crippen LogP) is 4.28. The Balaban J connectivity index is 1.51. The Labute approximate surface area is 214 Å². The van der Waals surface area contributed by atoms with E-state index in [2.05, 4.69) is 11.8 Å². The highest BCUT2D eigenvalue weighted by atomic mass is 16.5. The van der Waals surface area contributed by atoms with Crippen molar-refractivity contribution in [1.82, 2.24) is 18.7 Å². The third-order valence-electron chi connectivity index (χ3n) is 7.11. The maximum atomic E-state index is 13.9. The molecule has 0 fully saturated rings. The van der Waals surface area contributed by atoms with Crippen LogP contribution in [0, 0.1) is 5.92 Å². The van der Waals surface area contributed by atoms with Gasteiger partial charge in [0, 0.05) is 25.8 Å². The van der Waals surface area contributed by atoms with Crippen LogP contribution in [0.1, 0.15) is 19.4 Å². The van der Waals surface area contributed by atoms with Crippen molar-refractivity contribution in [2.45, 2.75) is 26.9 Å². The summed E-state index contributed by atoms with van der Waals surface area (Å²) in [7, 11) is 1.69. The Morgan fingerprint density at radius 3 is 2.51 bits per heavy atom. The molecule has 0 N–H and O–H groups in total. The fraction of sp³-hybridized carbons (Fsp3) is 0.276. The number of nitrogens with zero attached hydrogens (tertiary/aromatic N) is 5. The maximum Gasteiger partial charge on any atom is 0.332 e. The molecule has 37 heavy (non-hydrogen) atoms. The van der Waals surface area contributed by atoms with Gasteiger partial charge in [-0.25, -0.2) is 4.79 Å². The zero-order valence-corrected chi connectivity index (χ0v) is 21.2. The molecule has 1 aliphatic heterocycles. The van der Waals surface area contributed by atoms with Crippen LogP contribution in [-0.4, -0.2) is 31.8 Å². The number of ether oxygens (including phenoxy) is 1. The monoisotopic (exact) mass is 495 g/mol. The van der Waals surface area contributed by atoms with Gasteiger partial charge in [-0.05, 0) is 53.4 Å². The van der Waals surface area contributed by atoms with Crippen molar-refractivity contribution in [3.8, 4) is 5.75 Å². The number of fused-ring (bicyclic) bond motifs is 4. The Hall–Kier alpha value is -4.33.